The topological polar surface area (TPSA) is 66.5 Å². The maximum absolute atomic E-state index is 13.6. The number of rotatable bonds is 9. The summed E-state index contributed by atoms with van der Waals surface area (Å²) >= 11 is 1.50. The first-order valence-corrected chi connectivity index (χ1v) is 11.8. The minimum Gasteiger partial charge on any atom is -0.354 e. The Kier molecular flexibility index (Phi) is 7.88. The molecule has 2 aromatic rings. The van der Waals surface area contributed by atoms with Crippen molar-refractivity contribution < 1.29 is 17.6 Å². The summed E-state index contributed by atoms with van der Waals surface area (Å²) in [5, 5.41) is 2.73. The van der Waals surface area contributed by atoms with E-state index in [-0.39, 0.29) is 18.3 Å². The molecule has 0 aliphatic carbocycles. The average Bonchev–Trinajstić information content (AvgIpc) is 2.60. The molecule has 0 aliphatic heterocycles. The van der Waals surface area contributed by atoms with Crippen molar-refractivity contribution in [3.05, 3.63) is 65.0 Å². The van der Waals surface area contributed by atoms with Crippen LogP contribution in [0.3, 0.4) is 0 Å². The number of nitrogens with one attached hydrogen (secondary N) is 1. The van der Waals surface area contributed by atoms with Gasteiger partial charge in [-0.2, -0.15) is 11.8 Å². The first kappa shape index (κ1) is 22.2. The highest BCUT2D eigenvalue weighted by molar-refractivity contribution is 7.98. The third kappa shape index (κ3) is 6.53. The molecule has 0 fully saturated rings. The predicted octanol–water partition coefficient (Wildman–Crippen LogP) is 3.26. The summed E-state index contributed by atoms with van der Waals surface area (Å²) in [5.41, 5.74) is 2.93. The van der Waals surface area contributed by atoms with Crippen LogP contribution in [0.5, 0.6) is 0 Å². The molecule has 0 saturated carbocycles. The van der Waals surface area contributed by atoms with Crippen molar-refractivity contribution in [1.82, 2.24) is 5.32 Å². The molecular formula is C20H25FN2O3S2. The summed E-state index contributed by atoms with van der Waals surface area (Å²) in [5.74, 6) is 0.497. The van der Waals surface area contributed by atoms with Crippen molar-refractivity contribution >= 4 is 33.4 Å². The Bertz CT molecular complexity index is 933. The minimum absolute atomic E-state index is 0.240. The van der Waals surface area contributed by atoms with Gasteiger partial charge >= 0.3 is 0 Å². The monoisotopic (exact) mass is 424 g/mol. The van der Waals surface area contributed by atoms with E-state index in [1.807, 2.05) is 26.0 Å². The number of nitrogens with zero attached hydrogens (tertiary/aromatic N) is 1. The Morgan fingerprint density at radius 1 is 1.18 bits per heavy atom. The van der Waals surface area contributed by atoms with Crippen LogP contribution in [0.4, 0.5) is 10.1 Å². The standard InChI is InChI=1S/C20H25FN2O3S2/c1-15-8-9-19(16(2)12-15)23(28(3,25)26)13-20(24)22-10-11-27-14-17-6-4-5-7-18(17)21/h4-9,12H,10-11,13-14H2,1-3H3,(H,22,24). The van der Waals surface area contributed by atoms with Crippen LogP contribution < -0.4 is 9.62 Å². The van der Waals surface area contributed by atoms with Gasteiger partial charge in [-0.25, -0.2) is 12.8 Å². The van der Waals surface area contributed by atoms with Gasteiger partial charge in [-0.15, -0.1) is 0 Å². The van der Waals surface area contributed by atoms with Gasteiger partial charge in [-0.05, 0) is 37.1 Å². The summed E-state index contributed by atoms with van der Waals surface area (Å²) in [6.07, 6.45) is 1.09. The third-order valence-electron chi connectivity index (χ3n) is 4.09. The summed E-state index contributed by atoms with van der Waals surface area (Å²) in [6.45, 7) is 3.84. The lowest BCUT2D eigenvalue weighted by molar-refractivity contribution is -0.119. The second-order valence-electron chi connectivity index (χ2n) is 6.55. The van der Waals surface area contributed by atoms with Crippen LogP contribution in [0.1, 0.15) is 16.7 Å². The highest BCUT2D eigenvalue weighted by atomic mass is 32.2. The second-order valence-corrected chi connectivity index (χ2v) is 9.57. The van der Waals surface area contributed by atoms with Gasteiger partial charge in [0.1, 0.15) is 12.4 Å². The molecule has 28 heavy (non-hydrogen) atoms. The van der Waals surface area contributed by atoms with Crippen LogP contribution in [-0.2, 0) is 20.6 Å². The molecule has 0 radical (unpaired) electrons. The molecule has 0 atom stereocenters. The third-order valence-corrected chi connectivity index (χ3v) is 6.23. The molecule has 8 heteroatoms. The molecule has 0 aliphatic rings. The fourth-order valence-corrected chi connectivity index (χ4v) is 4.47. The zero-order valence-electron chi connectivity index (χ0n) is 16.2. The van der Waals surface area contributed by atoms with E-state index in [0.717, 1.165) is 21.7 Å². The number of amides is 1. The van der Waals surface area contributed by atoms with Crippen LogP contribution in [0.25, 0.3) is 0 Å². The smallest absolute Gasteiger partial charge is 0.240 e. The highest BCUT2D eigenvalue weighted by Crippen LogP contribution is 2.23. The predicted molar refractivity (Wildman–Crippen MR) is 114 cm³/mol. The molecule has 0 aromatic heterocycles. The number of thioether (sulfide) groups is 1. The molecule has 2 rings (SSSR count). The van der Waals surface area contributed by atoms with E-state index in [1.165, 1.54) is 17.8 Å². The maximum Gasteiger partial charge on any atom is 0.240 e. The lowest BCUT2D eigenvalue weighted by Gasteiger charge is -2.24. The average molecular weight is 425 g/mol. The van der Waals surface area contributed by atoms with Crippen LogP contribution >= 0.6 is 11.8 Å². The Balaban J connectivity index is 1.88. The van der Waals surface area contributed by atoms with Crippen molar-refractivity contribution in [2.45, 2.75) is 19.6 Å². The van der Waals surface area contributed by atoms with Gasteiger partial charge in [0.05, 0.1) is 11.9 Å². The summed E-state index contributed by atoms with van der Waals surface area (Å²) in [7, 11) is -3.60. The molecule has 1 N–H and O–H groups in total. The Hall–Kier alpha value is -2.06. The number of hydrogen-bond acceptors (Lipinski definition) is 4. The number of carbonyl (C=O) groups excluding carboxylic acids is 1. The van der Waals surface area contributed by atoms with Gasteiger partial charge in [0.2, 0.25) is 15.9 Å². The SMILES string of the molecule is Cc1ccc(N(CC(=O)NCCSCc2ccccc2F)S(C)(=O)=O)c(C)c1. The molecular weight excluding hydrogens is 399 g/mol. The van der Waals surface area contributed by atoms with E-state index in [4.69, 9.17) is 0 Å². The number of halogens is 1. The van der Waals surface area contributed by atoms with Gasteiger partial charge in [0.15, 0.2) is 0 Å². The van der Waals surface area contributed by atoms with Crippen LogP contribution in [0, 0.1) is 19.7 Å². The zero-order valence-corrected chi connectivity index (χ0v) is 17.9. The van der Waals surface area contributed by atoms with E-state index >= 15 is 0 Å². The van der Waals surface area contributed by atoms with E-state index < -0.39 is 10.0 Å². The number of anilines is 1. The Morgan fingerprint density at radius 3 is 2.54 bits per heavy atom. The summed E-state index contributed by atoms with van der Waals surface area (Å²) in [6, 6.07) is 12.0. The fraction of sp³-hybridized carbons (Fsp3) is 0.350. The molecule has 0 heterocycles. The number of carbonyl (C=O) groups is 1. The van der Waals surface area contributed by atoms with E-state index in [9.17, 15) is 17.6 Å². The van der Waals surface area contributed by atoms with Crippen LogP contribution in [0.2, 0.25) is 0 Å². The van der Waals surface area contributed by atoms with E-state index in [2.05, 4.69) is 5.32 Å². The Labute approximate surface area is 170 Å². The van der Waals surface area contributed by atoms with Gasteiger partial charge in [-0.1, -0.05) is 35.9 Å². The van der Waals surface area contributed by atoms with Crippen LogP contribution in [-0.4, -0.2) is 39.4 Å². The molecule has 0 spiro atoms. The zero-order chi connectivity index (χ0) is 20.7. The van der Waals surface area contributed by atoms with Crippen molar-refractivity contribution in [2.75, 3.05) is 29.4 Å². The molecule has 0 unspecified atom stereocenters. The lowest BCUT2D eigenvalue weighted by Crippen LogP contribution is -2.41. The van der Waals surface area contributed by atoms with Gasteiger partial charge < -0.3 is 5.32 Å². The largest absolute Gasteiger partial charge is 0.354 e. The first-order valence-electron chi connectivity index (χ1n) is 8.81. The fourth-order valence-electron chi connectivity index (χ4n) is 2.71. The second kappa shape index (κ2) is 9.93. The maximum atomic E-state index is 13.6. The van der Waals surface area contributed by atoms with Crippen molar-refractivity contribution in [3.8, 4) is 0 Å². The molecule has 5 nitrogen and oxygen atoms in total. The normalized spacial score (nSPS) is 11.3. The van der Waals surface area contributed by atoms with Crippen LogP contribution in [0.15, 0.2) is 42.5 Å². The van der Waals surface area contributed by atoms with E-state index in [0.29, 0.717) is 29.3 Å². The summed E-state index contributed by atoms with van der Waals surface area (Å²) in [4.78, 5) is 12.3. The molecule has 152 valence electrons. The summed E-state index contributed by atoms with van der Waals surface area (Å²) < 4.78 is 39.0. The quantitative estimate of drug-likeness (QED) is 0.628. The van der Waals surface area contributed by atoms with E-state index in [1.54, 1.807) is 24.3 Å². The molecule has 2 aromatic carbocycles. The van der Waals surface area contributed by atoms with Crippen molar-refractivity contribution in [2.24, 2.45) is 0 Å². The number of benzene rings is 2. The molecule has 0 bridgehead atoms. The highest BCUT2D eigenvalue weighted by Gasteiger charge is 2.22. The van der Waals surface area contributed by atoms with Gasteiger partial charge in [0.25, 0.3) is 0 Å². The van der Waals surface area contributed by atoms with Gasteiger partial charge in [-0.3, -0.25) is 9.10 Å². The molecule has 1 amide bonds. The number of hydrogen-bond donors (Lipinski definition) is 1. The lowest BCUT2D eigenvalue weighted by atomic mass is 10.1. The van der Waals surface area contributed by atoms with Gasteiger partial charge in [0, 0.05) is 18.1 Å². The Morgan fingerprint density at radius 2 is 1.89 bits per heavy atom. The van der Waals surface area contributed by atoms with Crippen molar-refractivity contribution in [1.29, 1.82) is 0 Å². The number of aryl methyl sites for hydroxylation is 2. The molecule has 0 saturated heterocycles. The first-order chi connectivity index (χ1) is 13.2. The number of sulfonamides is 1. The minimum atomic E-state index is -3.60. The van der Waals surface area contributed by atoms with Crippen molar-refractivity contribution in [3.63, 3.8) is 0 Å².